The summed E-state index contributed by atoms with van der Waals surface area (Å²) in [6.45, 7) is -16.2. The molecule has 93 heavy (non-hydrogen) atoms. The maximum Gasteiger partial charge on any atom is 0.385 e. The maximum atomic E-state index is 15.5. The van der Waals surface area contributed by atoms with Crippen LogP contribution in [0, 0.1) is 0 Å². The van der Waals surface area contributed by atoms with Crippen molar-refractivity contribution < 1.29 is 186 Å². The number of hydrogen-bond acceptors (Lipinski definition) is 6. The Bertz CT molecular complexity index is 2130. The van der Waals surface area contributed by atoms with Crippen molar-refractivity contribution in [1.82, 2.24) is 4.90 Å². The molecule has 0 rings (SSSR count). The van der Waals surface area contributed by atoms with Crippen molar-refractivity contribution in [2.45, 2.75) is 214 Å². The van der Waals surface area contributed by atoms with Crippen LogP contribution in [-0.2, 0) is 23.7 Å². The van der Waals surface area contributed by atoms with Crippen LogP contribution < -0.4 is 0 Å². The number of hydrogen-bond donors (Lipinski definition) is 0. The largest absolute Gasteiger partial charge is 0.385 e. The molecular formula is C47H63F37NO5P3. The third-order valence-corrected chi connectivity index (χ3v) is 15.9. The predicted octanol–water partition coefficient (Wildman–Crippen LogP) is 18.1. The van der Waals surface area contributed by atoms with E-state index in [0.29, 0.717) is 38.5 Å². The molecule has 0 bridgehead atoms. The Morgan fingerprint density at radius 2 is 0.495 bits per heavy atom. The summed E-state index contributed by atoms with van der Waals surface area (Å²) in [4.78, 5) is 1.17. The first-order chi connectivity index (χ1) is 41.1. The number of halogens is 37. The molecule has 0 radical (unpaired) electrons. The van der Waals surface area contributed by atoms with E-state index in [1.54, 1.807) is 13.8 Å². The van der Waals surface area contributed by atoms with Gasteiger partial charge in [-0.25, -0.2) is 13.2 Å². The Morgan fingerprint density at radius 3 is 0.774 bits per heavy atom. The molecule has 0 aromatic rings. The van der Waals surface area contributed by atoms with Gasteiger partial charge in [0, 0.05) is 33.0 Å². The zero-order valence-corrected chi connectivity index (χ0v) is 51.8. The summed E-state index contributed by atoms with van der Waals surface area (Å²) in [6, 6.07) is 0. The molecule has 0 saturated carbocycles. The summed E-state index contributed by atoms with van der Waals surface area (Å²) in [5.41, 5.74) is 0. The summed E-state index contributed by atoms with van der Waals surface area (Å²) in [7, 11) is 0.298. The first-order valence-corrected chi connectivity index (χ1v) is 28.3. The van der Waals surface area contributed by atoms with Gasteiger partial charge in [0.15, 0.2) is 0 Å². The van der Waals surface area contributed by atoms with Crippen LogP contribution in [0.15, 0.2) is 0 Å². The molecule has 0 N–H and O–H groups in total. The minimum absolute atomic E-state index is 0.0339. The zero-order chi connectivity index (χ0) is 74.2. The molecule has 0 amide bonds. The summed E-state index contributed by atoms with van der Waals surface area (Å²) in [5, 5.41) is -21.6. The fraction of sp³-hybridized carbons (Fsp3) is 1.00. The van der Waals surface area contributed by atoms with Crippen molar-refractivity contribution in [2.24, 2.45) is 0 Å². The van der Waals surface area contributed by atoms with Crippen LogP contribution in [0.5, 0.6) is 0 Å². The summed E-state index contributed by atoms with van der Waals surface area (Å²) >= 11 is 0. The maximum absolute atomic E-state index is 15.5. The van der Waals surface area contributed by atoms with Crippen molar-refractivity contribution in [3.8, 4) is 0 Å². The molecule has 0 aromatic heterocycles. The number of nitrogens with zero attached hydrogens (tertiary/aromatic N) is 1. The lowest BCUT2D eigenvalue weighted by atomic mass is 9.85. The van der Waals surface area contributed by atoms with Gasteiger partial charge in [-0.2, -0.15) is 149 Å². The van der Waals surface area contributed by atoms with E-state index in [2.05, 4.69) is 18.9 Å². The highest BCUT2D eigenvalue weighted by Crippen LogP contribution is 2.71. The normalized spacial score (nSPS) is 17.6. The molecule has 0 aromatic carbocycles. The van der Waals surface area contributed by atoms with Crippen molar-refractivity contribution in [1.29, 1.82) is 0 Å². The lowest BCUT2D eigenvalue weighted by molar-refractivity contribution is -0.470. The van der Waals surface area contributed by atoms with E-state index in [9.17, 15) is 123 Å². The molecule has 46 heteroatoms. The zero-order valence-electron chi connectivity index (χ0n) is 48.3. The lowest BCUT2D eigenvalue weighted by Crippen LogP contribution is -2.77. The second-order valence-corrected chi connectivity index (χ2v) is 23.7. The molecular weight excluding hydrogens is 1450 g/mol. The number of alkyl halides is 37. The molecule has 7 atom stereocenters. The van der Waals surface area contributed by atoms with Crippen LogP contribution in [0.2, 0.25) is 0 Å². The highest BCUT2D eigenvalue weighted by Gasteiger charge is 2.98. The summed E-state index contributed by atoms with van der Waals surface area (Å²) in [6.07, 6.45) is -2.30. The van der Waals surface area contributed by atoms with E-state index >= 15 is 39.5 Å². The van der Waals surface area contributed by atoms with E-state index in [1.165, 1.54) is 19.0 Å². The molecule has 0 aliphatic carbocycles. The first kappa shape index (κ1) is 91.5. The van der Waals surface area contributed by atoms with Gasteiger partial charge in [0.05, 0.1) is 12.7 Å². The van der Waals surface area contributed by atoms with Gasteiger partial charge in [-0.3, -0.25) is 0 Å². The Kier molecular flexibility index (Phi) is 31.0. The van der Waals surface area contributed by atoms with Crippen LogP contribution in [0.4, 0.5) is 162 Å². The first-order valence-electron chi connectivity index (χ1n) is 26.5. The third kappa shape index (κ3) is 17.3. The SMILES string of the molecule is CCCCCCCOCC(F)(F)C(F)(F)C(F)(F)C(F)(F)C(F)(F)C(F)(F)C(F)(F)C(F)(F)C(F)(F)C(F)(F)COCCC(CCOCC(F)(F)C(F)(F)C(F)(F)C(F)(P)C(F)(F)C(F)(P)C(F)(F)C(F)(P)C(F)(F)C(F)(F)COCCCCCCC)OCCN(C)C. The minimum Gasteiger partial charge on any atom is -0.377 e. The predicted molar refractivity (Wildman–Crippen MR) is 263 cm³/mol. The van der Waals surface area contributed by atoms with Gasteiger partial charge in [0.25, 0.3) is 16.2 Å². The fourth-order valence-electron chi connectivity index (χ4n) is 7.41. The van der Waals surface area contributed by atoms with Crippen LogP contribution >= 0.6 is 27.7 Å². The quantitative estimate of drug-likeness (QED) is 0.0344. The fourth-order valence-corrected chi connectivity index (χ4v) is 8.98. The van der Waals surface area contributed by atoms with Gasteiger partial charge in [0.2, 0.25) is 0 Å². The second kappa shape index (κ2) is 31.6. The van der Waals surface area contributed by atoms with Crippen molar-refractivity contribution in [3.63, 3.8) is 0 Å². The molecule has 0 spiro atoms. The Hall–Kier alpha value is -1.54. The molecule has 0 saturated heterocycles. The average molecular weight is 1520 g/mol. The number of rotatable bonds is 48. The molecule has 6 nitrogen and oxygen atoms in total. The minimum atomic E-state index is -9.39. The second-order valence-electron chi connectivity index (χ2n) is 21.3. The summed E-state index contributed by atoms with van der Waals surface area (Å²) in [5.74, 6) is -138. The van der Waals surface area contributed by atoms with Crippen LogP contribution in [0.1, 0.15) is 90.9 Å². The Labute approximate surface area is 512 Å². The van der Waals surface area contributed by atoms with Crippen LogP contribution in [0.25, 0.3) is 0 Å². The van der Waals surface area contributed by atoms with Crippen molar-refractivity contribution >= 4 is 27.7 Å². The van der Waals surface area contributed by atoms with Crippen molar-refractivity contribution in [2.75, 3.05) is 80.1 Å². The van der Waals surface area contributed by atoms with Gasteiger partial charge in [-0.1, -0.05) is 92.9 Å². The monoisotopic (exact) mass is 1520 g/mol. The van der Waals surface area contributed by atoms with Crippen LogP contribution in [0.3, 0.4) is 0 Å². The van der Waals surface area contributed by atoms with Gasteiger partial charge in [-0.15, -0.1) is 0 Å². The van der Waals surface area contributed by atoms with Gasteiger partial charge in [0.1, 0.15) is 26.4 Å². The van der Waals surface area contributed by atoms with E-state index in [-0.39, 0.29) is 32.2 Å². The van der Waals surface area contributed by atoms with E-state index < -0.39 is 223 Å². The molecule has 0 aliphatic rings. The van der Waals surface area contributed by atoms with E-state index in [4.69, 9.17) is 4.74 Å². The third-order valence-electron chi connectivity index (χ3n) is 13.7. The topological polar surface area (TPSA) is 49.4 Å². The lowest BCUT2D eigenvalue weighted by Gasteiger charge is -2.49. The average Bonchev–Trinajstić information content (AvgIpc) is 0.699. The summed E-state index contributed by atoms with van der Waals surface area (Å²) < 4.78 is 566. The molecule has 0 fully saturated rings. The highest BCUT2D eigenvalue weighted by atomic mass is 31.0. The Morgan fingerprint density at radius 1 is 0.269 bits per heavy atom. The standard InChI is InChI=1S/C47H63F37NO5P3/c1-5-7-9-11-13-18-86-23-28(48,49)32(56,57)36(64,65)38(68,69)40(72,73)41(74,75)39(70,71)37(66,67)33(58,59)29(50,51)24-88-20-15-27(90-22-17-85(3)4)16-21-89-25-30(52,53)34(60,61)42(76,77)46(83,92)44(80,81)47(84,93)43(78,79)45(82,91)35(62,63)31(54,55)26-87-19-14-12-10-8-6-2/h27H,5-26,91-93H2,1-4H3. The number of likely N-dealkylation sites (N-methyl/N-ethyl adjacent to an activating group) is 1. The number of unbranched alkanes of at least 4 members (excludes halogenated alkanes) is 8. The van der Waals surface area contributed by atoms with Gasteiger partial charge in [-0.05, 0) is 39.8 Å². The van der Waals surface area contributed by atoms with E-state index in [1.807, 2.05) is 0 Å². The Balaban J connectivity index is 6.63. The highest BCUT2D eigenvalue weighted by molar-refractivity contribution is 7.21. The molecule has 7 unspecified atom stereocenters. The molecule has 0 aliphatic heterocycles. The number of ether oxygens (including phenoxy) is 5. The van der Waals surface area contributed by atoms with E-state index in [0.717, 1.165) is 0 Å². The van der Waals surface area contributed by atoms with Crippen molar-refractivity contribution in [3.05, 3.63) is 0 Å². The smallest absolute Gasteiger partial charge is 0.377 e. The molecule has 0 heterocycles. The van der Waals surface area contributed by atoms with Crippen LogP contribution in [-0.4, -0.2) is 208 Å². The van der Waals surface area contributed by atoms with Gasteiger partial charge >= 0.3 is 101 Å². The molecule has 560 valence electrons. The van der Waals surface area contributed by atoms with Gasteiger partial charge < -0.3 is 28.6 Å².